The number of halogens is 3. The van der Waals surface area contributed by atoms with E-state index >= 15 is 0 Å². The average molecular weight is 230 g/mol. The van der Waals surface area contributed by atoms with E-state index < -0.39 is 17.3 Å². The predicted molar refractivity (Wildman–Crippen MR) is 53.2 cm³/mol. The number of H-pyrrole nitrogens is 1. The van der Waals surface area contributed by atoms with E-state index in [0.29, 0.717) is 12.1 Å². The van der Waals surface area contributed by atoms with Crippen molar-refractivity contribution in [2.45, 2.75) is 19.6 Å². The Bertz CT molecular complexity index is 580. The van der Waals surface area contributed by atoms with Crippen molar-refractivity contribution in [3.8, 4) is 0 Å². The fourth-order valence-electron chi connectivity index (χ4n) is 1.62. The lowest BCUT2D eigenvalue weighted by Gasteiger charge is -2.06. The number of aryl methyl sites for hydroxylation is 1. The summed E-state index contributed by atoms with van der Waals surface area (Å²) in [5.41, 5.74) is -0.817. The molecule has 3 nitrogen and oxygen atoms in total. The van der Waals surface area contributed by atoms with E-state index in [1.807, 2.05) is 0 Å². The summed E-state index contributed by atoms with van der Waals surface area (Å²) in [6.07, 6.45) is -4.42. The van der Waals surface area contributed by atoms with E-state index in [2.05, 4.69) is 5.10 Å². The van der Waals surface area contributed by atoms with Gasteiger partial charge in [-0.2, -0.15) is 13.2 Å². The number of fused-ring (bicyclic) bond motifs is 1. The zero-order valence-electron chi connectivity index (χ0n) is 8.43. The number of hydrogen-bond donors (Lipinski definition) is 1. The van der Waals surface area contributed by atoms with Gasteiger partial charge in [-0.1, -0.05) is 0 Å². The van der Waals surface area contributed by atoms with Crippen LogP contribution in [-0.2, 0) is 12.7 Å². The molecule has 0 amide bonds. The van der Waals surface area contributed by atoms with Gasteiger partial charge in [0.05, 0.1) is 16.5 Å². The van der Waals surface area contributed by atoms with Crippen LogP contribution >= 0.6 is 0 Å². The molecule has 1 aromatic carbocycles. The smallest absolute Gasteiger partial charge is 0.285 e. The molecule has 0 aliphatic heterocycles. The van der Waals surface area contributed by atoms with Crippen molar-refractivity contribution in [3.05, 3.63) is 34.1 Å². The van der Waals surface area contributed by atoms with Gasteiger partial charge in [0.2, 0.25) is 0 Å². The van der Waals surface area contributed by atoms with Crippen LogP contribution in [0, 0.1) is 0 Å². The third kappa shape index (κ3) is 1.60. The zero-order chi connectivity index (χ0) is 11.9. The molecule has 1 heterocycles. The quantitative estimate of drug-likeness (QED) is 0.802. The van der Waals surface area contributed by atoms with Crippen molar-refractivity contribution >= 4 is 10.9 Å². The highest BCUT2D eigenvalue weighted by atomic mass is 19.4. The Hall–Kier alpha value is -1.72. The maximum absolute atomic E-state index is 12.4. The number of rotatable bonds is 1. The minimum absolute atomic E-state index is 0.0664. The number of aromatic amines is 1. The van der Waals surface area contributed by atoms with Gasteiger partial charge in [-0.25, -0.2) is 0 Å². The SMILES string of the molecule is CCn1[nH]c(=O)c2cc(C(F)(F)F)ccc21. The second-order valence-electron chi connectivity index (χ2n) is 3.41. The van der Waals surface area contributed by atoms with Crippen molar-refractivity contribution in [2.75, 3.05) is 0 Å². The van der Waals surface area contributed by atoms with Crippen LogP contribution in [-0.4, -0.2) is 9.78 Å². The number of aromatic nitrogens is 2. The average Bonchev–Trinajstić information content (AvgIpc) is 2.54. The fraction of sp³-hybridized carbons (Fsp3) is 0.300. The number of hydrogen-bond acceptors (Lipinski definition) is 1. The summed E-state index contributed by atoms with van der Waals surface area (Å²) in [5, 5.41) is 2.54. The zero-order valence-corrected chi connectivity index (χ0v) is 8.43. The van der Waals surface area contributed by atoms with E-state index in [-0.39, 0.29) is 5.39 Å². The predicted octanol–water partition coefficient (Wildman–Crippen LogP) is 2.37. The lowest BCUT2D eigenvalue weighted by atomic mass is 10.1. The van der Waals surface area contributed by atoms with Crippen LogP contribution in [0.1, 0.15) is 12.5 Å². The fourth-order valence-corrected chi connectivity index (χ4v) is 1.62. The molecule has 2 rings (SSSR count). The van der Waals surface area contributed by atoms with Crippen LogP contribution in [0.5, 0.6) is 0 Å². The first kappa shape index (κ1) is 10.8. The van der Waals surface area contributed by atoms with E-state index in [1.165, 1.54) is 10.7 Å². The van der Waals surface area contributed by atoms with Crippen LogP contribution in [0.2, 0.25) is 0 Å². The molecule has 0 fully saturated rings. The summed E-state index contributed by atoms with van der Waals surface area (Å²) in [4.78, 5) is 11.4. The van der Waals surface area contributed by atoms with Gasteiger partial charge < -0.3 is 0 Å². The summed E-state index contributed by atoms with van der Waals surface area (Å²) in [6, 6.07) is 3.15. The van der Waals surface area contributed by atoms with E-state index in [4.69, 9.17) is 0 Å². The molecule has 1 N–H and O–H groups in total. The maximum Gasteiger partial charge on any atom is 0.416 e. The van der Waals surface area contributed by atoms with Gasteiger partial charge in [0.25, 0.3) is 5.56 Å². The summed E-state index contributed by atoms with van der Waals surface area (Å²) >= 11 is 0. The third-order valence-corrected chi connectivity index (χ3v) is 2.41. The van der Waals surface area contributed by atoms with Crippen LogP contribution in [0.4, 0.5) is 13.2 Å². The van der Waals surface area contributed by atoms with Crippen LogP contribution in [0.3, 0.4) is 0 Å². The molecule has 0 aliphatic rings. The second kappa shape index (κ2) is 3.40. The number of nitrogens with one attached hydrogen (secondary N) is 1. The molecular formula is C10H9F3N2O. The molecule has 0 saturated carbocycles. The normalized spacial score (nSPS) is 12.2. The van der Waals surface area contributed by atoms with Gasteiger partial charge in [0.1, 0.15) is 0 Å². The second-order valence-corrected chi connectivity index (χ2v) is 3.41. The van der Waals surface area contributed by atoms with Crippen LogP contribution in [0.25, 0.3) is 10.9 Å². The minimum Gasteiger partial charge on any atom is -0.285 e. The highest BCUT2D eigenvalue weighted by Crippen LogP contribution is 2.30. The molecule has 0 atom stereocenters. The van der Waals surface area contributed by atoms with Crippen molar-refractivity contribution in [3.63, 3.8) is 0 Å². The Kier molecular flexibility index (Phi) is 2.29. The van der Waals surface area contributed by atoms with Gasteiger partial charge >= 0.3 is 6.18 Å². The van der Waals surface area contributed by atoms with Crippen molar-refractivity contribution in [1.82, 2.24) is 9.78 Å². The maximum atomic E-state index is 12.4. The van der Waals surface area contributed by atoms with E-state index in [9.17, 15) is 18.0 Å². The molecule has 0 saturated heterocycles. The van der Waals surface area contributed by atoms with E-state index in [1.54, 1.807) is 6.92 Å². The highest BCUT2D eigenvalue weighted by Gasteiger charge is 2.30. The van der Waals surface area contributed by atoms with Crippen molar-refractivity contribution < 1.29 is 13.2 Å². The van der Waals surface area contributed by atoms with E-state index in [0.717, 1.165) is 12.1 Å². The molecule has 0 bridgehead atoms. The van der Waals surface area contributed by atoms with Crippen LogP contribution < -0.4 is 5.56 Å². The van der Waals surface area contributed by atoms with Gasteiger partial charge in [0.15, 0.2) is 0 Å². The Labute approximate surface area is 88.5 Å². The number of alkyl halides is 3. The Morgan fingerprint density at radius 3 is 2.62 bits per heavy atom. The molecule has 0 unspecified atom stereocenters. The molecule has 0 aliphatic carbocycles. The summed E-state index contributed by atoms with van der Waals surface area (Å²) in [7, 11) is 0. The van der Waals surface area contributed by atoms with Gasteiger partial charge in [-0.05, 0) is 25.1 Å². The van der Waals surface area contributed by atoms with Gasteiger partial charge in [-0.3, -0.25) is 14.6 Å². The lowest BCUT2D eigenvalue weighted by Crippen LogP contribution is -2.06. The largest absolute Gasteiger partial charge is 0.416 e. The number of benzene rings is 1. The molecule has 6 heteroatoms. The molecule has 2 aromatic rings. The summed E-state index contributed by atoms with van der Waals surface area (Å²) < 4.78 is 38.8. The molecule has 0 spiro atoms. The molecular weight excluding hydrogens is 221 g/mol. The summed E-state index contributed by atoms with van der Waals surface area (Å²) in [5.74, 6) is 0. The highest BCUT2D eigenvalue weighted by molar-refractivity contribution is 5.79. The minimum atomic E-state index is -4.42. The monoisotopic (exact) mass is 230 g/mol. The Morgan fingerprint density at radius 1 is 1.38 bits per heavy atom. The first-order valence-electron chi connectivity index (χ1n) is 4.73. The van der Waals surface area contributed by atoms with Gasteiger partial charge in [0, 0.05) is 6.54 Å². The molecule has 86 valence electrons. The Balaban J connectivity index is 2.72. The topological polar surface area (TPSA) is 37.8 Å². The summed E-state index contributed by atoms with van der Waals surface area (Å²) in [6.45, 7) is 2.30. The van der Waals surface area contributed by atoms with Crippen LogP contribution in [0.15, 0.2) is 23.0 Å². The molecule has 16 heavy (non-hydrogen) atoms. The Morgan fingerprint density at radius 2 is 2.06 bits per heavy atom. The first-order valence-corrected chi connectivity index (χ1v) is 4.73. The van der Waals surface area contributed by atoms with Crippen molar-refractivity contribution in [2.24, 2.45) is 0 Å². The van der Waals surface area contributed by atoms with Crippen molar-refractivity contribution in [1.29, 1.82) is 0 Å². The lowest BCUT2D eigenvalue weighted by molar-refractivity contribution is -0.137. The third-order valence-electron chi connectivity index (χ3n) is 2.41. The molecule has 0 radical (unpaired) electrons. The molecule has 1 aromatic heterocycles. The standard InChI is InChI=1S/C10H9F3N2O/c1-2-15-8-4-3-6(10(11,12)13)5-7(8)9(16)14-15/h3-5H,2H2,1H3,(H,14,16). The number of nitrogens with zero attached hydrogens (tertiary/aromatic N) is 1. The first-order chi connectivity index (χ1) is 7.43. The van der Waals surface area contributed by atoms with Gasteiger partial charge in [-0.15, -0.1) is 0 Å².